The number of ether oxygens (including phenoxy) is 2. The second-order valence-electron chi connectivity index (χ2n) is 11.0. The number of carboxylic acid groups (broad SMARTS) is 2. The summed E-state index contributed by atoms with van der Waals surface area (Å²) in [6, 6.07) is 10.6. The molecule has 11 nitrogen and oxygen atoms in total. The normalized spacial score (nSPS) is 10.9. The Bertz CT molecular complexity index is 1810. The fourth-order valence-corrected chi connectivity index (χ4v) is 7.33. The molecule has 0 bridgehead atoms. The molecule has 2 aromatic heterocycles. The minimum Gasteiger partial charge on any atom is -0.481 e. The van der Waals surface area contributed by atoms with Crippen LogP contribution in [0.25, 0.3) is 0 Å². The van der Waals surface area contributed by atoms with Crippen molar-refractivity contribution in [3.8, 4) is 23.3 Å². The zero-order valence-corrected chi connectivity index (χ0v) is 33.2. The Morgan fingerprint density at radius 3 is 1.56 bits per heavy atom. The Labute approximate surface area is 315 Å². The standard InChI is InChI=1S/C16H15Br2ClN2O3.C16H16Br2N2O4/c1-8(2)10-7-13(20-21-16(10)19)24-15-11(17)5-9(6-12(15)18)3-4-14(22)23;1-8(2)10-7-13(19-20-16(10)23)24-15-11(17)5-9(6-12(15)18)3-4-14(21)22/h5-8H,3-4H2,1-2H3,(H,22,23);5-8H,3-4H2,1-2H3,(H,20,23)(H,21,22). The van der Waals surface area contributed by atoms with Crippen molar-refractivity contribution in [3.05, 3.63) is 92.0 Å². The highest BCUT2D eigenvalue weighted by Crippen LogP contribution is 2.39. The fraction of sp³-hybridized carbons (Fsp3) is 0.312. The van der Waals surface area contributed by atoms with Gasteiger partial charge in [0, 0.05) is 30.5 Å². The van der Waals surface area contributed by atoms with E-state index in [1.54, 1.807) is 24.3 Å². The van der Waals surface area contributed by atoms with Crippen molar-refractivity contribution in [2.45, 2.75) is 65.2 Å². The molecule has 16 heteroatoms. The third-order valence-corrected chi connectivity index (χ3v) is 9.24. The van der Waals surface area contributed by atoms with E-state index in [1.807, 2.05) is 39.8 Å². The van der Waals surface area contributed by atoms with Crippen molar-refractivity contribution in [3.63, 3.8) is 0 Å². The molecule has 4 rings (SSSR count). The van der Waals surface area contributed by atoms with Crippen LogP contribution in [0.2, 0.25) is 5.15 Å². The van der Waals surface area contributed by atoms with Gasteiger partial charge >= 0.3 is 11.9 Å². The molecule has 2 heterocycles. The van der Waals surface area contributed by atoms with Crippen LogP contribution < -0.4 is 15.0 Å². The lowest BCUT2D eigenvalue weighted by Crippen LogP contribution is -2.15. The molecule has 0 fully saturated rings. The second kappa shape index (κ2) is 18.2. The summed E-state index contributed by atoms with van der Waals surface area (Å²) in [6.45, 7) is 7.85. The largest absolute Gasteiger partial charge is 0.481 e. The summed E-state index contributed by atoms with van der Waals surface area (Å²) >= 11 is 19.8. The Balaban J connectivity index is 0.000000260. The number of rotatable bonds is 12. The van der Waals surface area contributed by atoms with Crippen LogP contribution in [0.5, 0.6) is 23.3 Å². The molecule has 0 spiro atoms. The molecule has 0 aliphatic rings. The first-order chi connectivity index (χ1) is 22.5. The highest BCUT2D eigenvalue weighted by Gasteiger charge is 2.16. The van der Waals surface area contributed by atoms with Crippen LogP contribution in [0.4, 0.5) is 0 Å². The van der Waals surface area contributed by atoms with Gasteiger partial charge in [0.05, 0.1) is 17.9 Å². The van der Waals surface area contributed by atoms with Gasteiger partial charge in [-0.15, -0.1) is 15.3 Å². The van der Waals surface area contributed by atoms with Gasteiger partial charge in [-0.05, 0) is 129 Å². The number of nitrogens with zero attached hydrogens (tertiary/aromatic N) is 3. The van der Waals surface area contributed by atoms with E-state index in [-0.39, 0.29) is 36.1 Å². The van der Waals surface area contributed by atoms with E-state index in [1.165, 1.54) is 0 Å². The SMILES string of the molecule is CC(C)c1cc(Oc2c(Br)cc(CCC(=O)O)cc2Br)n[nH]c1=O.CC(C)c1cc(Oc2c(Br)cc(CCC(=O)O)cc2Br)nnc1Cl. The number of hydrogen-bond donors (Lipinski definition) is 3. The summed E-state index contributed by atoms with van der Waals surface area (Å²) in [5, 5.41) is 32.1. The molecule has 48 heavy (non-hydrogen) atoms. The Morgan fingerprint density at radius 1 is 0.729 bits per heavy atom. The van der Waals surface area contributed by atoms with Gasteiger partial charge in [-0.2, -0.15) is 0 Å². The number of carbonyl (C=O) groups is 2. The number of aromatic amines is 1. The first kappa shape index (κ1) is 39.6. The van der Waals surface area contributed by atoms with Crippen LogP contribution >= 0.6 is 75.3 Å². The van der Waals surface area contributed by atoms with Gasteiger partial charge in [0.2, 0.25) is 11.8 Å². The summed E-state index contributed by atoms with van der Waals surface area (Å²) in [5.74, 6) is 0.218. The first-order valence-corrected chi connectivity index (χ1v) is 18.0. The van der Waals surface area contributed by atoms with E-state index in [0.29, 0.717) is 58.8 Å². The van der Waals surface area contributed by atoms with Crippen molar-refractivity contribution in [1.82, 2.24) is 20.4 Å². The summed E-state index contributed by atoms with van der Waals surface area (Å²) < 4.78 is 14.3. The van der Waals surface area contributed by atoms with Crippen LogP contribution in [0.1, 0.15) is 74.6 Å². The molecule has 0 unspecified atom stereocenters. The van der Waals surface area contributed by atoms with Gasteiger partial charge in [-0.1, -0.05) is 39.3 Å². The van der Waals surface area contributed by atoms with Gasteiger partial charge < -0.3 is 19.7 Å². The second-order valence-corrected chi connectivity index (χ2v) is 14.8. The lowest BCUT2D eigenvalue weighted by molar-refractivity contribution is -0.138. The Kier molecular flexibility index (Phi) is 15.0. The molecule has 0 saturated heterocycles. The zero-order chi connectivity index (χ0) is 35.7. The number of hydrogen-bond acceptors (Lipinski definition) is 8. The minimum absolute atomic E-state index is 0.0457. The zero-order valence-electron chi connectivity index (χ0n) is 26.1. The molecule has 0 aliphatic heterocycles. The molecule has 0 atom stereocenters. The molecule has 0 amide bonds. The van der Waals surface area contributed by atoms with Crippen LogP contribution in [0, 0.1) is 0 Å². The van der Waals surface area contributed by atoms with Crippen molar-refractivity contribution >= 4 is 87.3 Å². The predicted molar refractivity (Wildman–Crippen MR) is 196 cm³/mol. The molecule has 0 saturated carbocycles. The number of aliphatic carboxylic acids is 2. The molecular formula is C32H31Br4ClN4O7. The highest BCUT2D eigenvalue weighted by atomic mass is 79.9. The van der Waals surface area contributed by atoms with E-state index in [9.17, 15) is 14.4 Å². The molecule has 2 aromatic carbocycles. The van der Waals surface area contributed by atoms with Crippen molar-refractivity contribution in [1.29, 1.82) is 0 Å². The molecule has 0 radical (unpaired) electrons. The van der Waals surface area contributed by atoms with E-state index >= 15 is 0 Å². The van der Waals surface area contributed by atoms with Crippen LogP contribution in [-0.2, 0) is 22.4 Å². The number of carboxylic acids is 2. The number of nitrogens with one attached hydrogen (secondary N) is 1. The van der Waals surface area contributed by atoms with E-state index < -0.39 is 11.9 Å². The van der Waals surface area contributed by atoms with E-state index in [4.69, 9.17) is 31.3 Å². The maximum Gasteiger partial charge on any atom is 0.303 e. The Morgan fingerprint density at radius 2 is 1.15 bits per heavy atom. The summed E-state index contributed by atoms with van der Waals surface area (Å²) in [4.78, 5) is 33.1. The molecule has 0 aliphatic carbocycles. The molecule has 3 N–H and O–H groups in total. The third-order valence-electron chi connectivity index (χ3n) is 6.59. The van der Waals surface area contributed by atoms with Gasteiger partial charge in [-0.3, -0.25) is 14.4 Å². The van der Waals surface area contributed by atoms with Gasteiger partial charge in [-0.25, -0.2) is 5.10 Å². The average molecular weight is 939 g/mol. The summed E-state index contributed by atoms with van der Waals surface area (Å²) in [5.41, 5.74) is 2.95. The molecular weight excluding hydrogens is 907 g/mol. The maximum atomic E-state index is 11.7. The molecule has 256 valence electrons. The van der Waals surface area contributed by atoms with Crippen LogP contribution in [0.3, 0.4) is 0 Å². The lowest BCUT2D eigenvalue weighted by Gasteiger charge is -2.13. The lowest BCUT2D eigenvalue weighted by atomic mass is 10.1. The van der Waals surface area contributed by atoms with E-state index in [0.717, 1.165) is 16.7 Å². The highest BCUT2D eigenvalue weighted by molar-refractivity contribution is 9.11. The average Bonchev–Trinajstić information content (AvgIpc) is 3.00. The molecule has 4 aromatic rings. The third kappa shape index (κ3) is 11.6. The number of benzene rings is 2. The topological polar surface area (TPSA) is 165 Å². The monoisotopic (exact) mass is 934 g/mol. The smallest absolute Gasteiger partial charge is 0.303 e. The van der Waals surface area contributed by atoms with E-state index in [2.05, 4.69) is 84.1 Å². The van der Waals surface area contributed by atoms with Crippen LogP contribution in [-0.4, -0.2) is 42.5 Å². The quantitative estimate of drug-likeness (QED) is 0.125. The van der Waals surface area contributed by atoms with Crippen molar-refractivity contribution < 1.29 is 29.3 Å². The number of aromatic nitrogens is 4. The predicted octanol–water partition coefficient (Wildman–Crippen LogP) is 9.82. The number of aryl methyl sites for hydroxylation is 2. The Hall–Kier alpha value is -2.85. The maximum absolute atomic E-state index is 11.7. The fourth-order valence-electron chi connectivity index (χ4n) is 4.13. The van der Waals surface area contributed by atoms with Gasteiger partial charge in [0.25, 0.3) is 5.56 Å². The van der Waals surface area contributed by atoms with Crippen molar-refractivity contribution in [2.75, 3.05) is 0 Å². The van der Waals surface area contributed by atoms with Gasteiger partial charge in [0.15, 0.2) is 16.7 Å². The number of H-pyrrole nitrogens is 1. The summed E-state index contributed by atoms with van der Waals surface area (Å²) in [6.07, 6.45) is 0.976. The first-order valence-electron chi connectivity index (χ1n) is 14.4. The van der Waals surface area contributed by atoms with Crippen molar-refractivity contribution in [2.24, 2.45) is 0 Å². The minimum atomic E-state index is -0.846. The number of halogens is 5. The summed E-state index contributed by atoms with van der Waals surface area (Å²) in [7, 11) is 0. The van der Waals surface area contributed by atoms with Crippen LogP contribution in [0.15, 0.2) is 59.1 Å². The van der Waals surface area contributed by atoms with Gasteiger partial charge in [0.1, 0.15) is 0 Å².